The van der Waals surface area contributed by atoms with Crippen LogP contribution >= 0.6 is 11.3 Å². The lowest BCUT2D eigenvalue weighted by atomic mass is 10.1. The number of nitrogens with one attached hydrogen (secondary N) is 1. The zero-order valence-corrected chi connectivity index (χ0v) is 14.1. The van der Waals surface area contributed by atoms with Gasteiger partial charge in [0.15, 0.2) is 5.13 Å². The lowest BCUT2D eigenvalue weighted by Gasteiger charge is -2.07. The summed E-state index contributed by atoms with van der Waals surface area (Å²) in [5.74, 6) is -0.552. The number of rotatable bonds is 4. The summed E-state index contributed by atoms with van der Waals surface area (Å²) in [6.07, 6.45) is -2.83. The molecule has 1 amide bonds. The van der Waals surface area contributed by atoms with Crippen LogP contribution in [0.2, 0.25) is 0 Å². The third-order valence-corrected chi connectivity index (χ3v) is 4.48. The number of halogens is 3. The SMILES string of the molecule is NCc1sc(NC(=O)c2ccc(C(F)(F)F)cc2)nc1-c1ccccn1. The molecule has 26 heavy (non-hydrogen) atoms. The zero-order valence-electron chi connectivity index (χ0n) is 13.2. The zero-order chi connectivity index (χ0) is 18.7. The minimum atomic E-state index is -4.45. The highest BCUT2D eigenvalue weighted by molar-refractivity contribution is 7.16. The number of carbonyl (C=O) groups excluding carboxylic acids is 1. The number of hydrogen-bond acceptors (Lipinski definition) is 5. The molecule has 3 N–H and O–H groups in total. The normalized spacial score (nSPS) is 11.4. The molecule has 0 radical (unpaired) electrons. The van der Waals surface area contributed by atoms with Gasteiger partial charge in [0.25, 0.3) is 5.91 Å². The first-order valence-corrected chi connectivity index (χ1v) is 8.30. The van der Waals surface area contributed by atoms with Crippen molar-refractivity contribution in [1.82, 2.24) is 9.97 Å². The quantitative estimate of drug-likeness (QED) is 0.721. The Morgan fingerprint density at radius 1 is 1.15 bits per heavy atom. The summed E-state index contributed by atoms with van der Waals surface area (Å²) >= 11 is 1.20. The minimum absolute atomic E-state index is 0.0990. The maximum Gasteiger partial charge on any atom is 0.416 e. The lowest BCUT2D eigenvalue weighted by molar-refractivity contribution is -0.137. The van der Waals surface area contributed by atoms with Crippen LogP contribution in [0.1, 0.15) is 20.8 Å². The Bertz CT molecular complexity index is 908. The Morgan fingerprint density at radius 2 is 1.88 bits per heavy atom. The maximum absolute atomic E-state index is 12.6. The predicted octanol–water partition coefficient (Wildman–Crippen LogP) is 3.93. The Kier molecular flexibility index (Phi) is 5.01. The van der Waals surface area contributed by atoms with Crippen molar-refractivity contribution in [2.75, 3.05) is 5.32 Å². The van der Waals surface area contributed by atoms with Crippen molar-refractivity contribution in [2.45, 2.75) is 12.7 Å². The molecule has 3 rings (SSSR count). The second-order valence-corrected chi connectivity index (χ2v) is 6.32. The Balaban J connectivity index is 1.81. The van der Waals surface area contributed by atoms with Gasteiger partial charge in [-0.05, 0) is 36.4 Å². The summed E-state index contributed by atoms with van der Waals surface area (Å²) in [6, 6.07) is 9.32. The number of amides is 1. The minimum Gasteiger partial charge on any atom is -0.326 e. The van der Waals surface area contributed by atoms with Crippen molar-refractivity contribution in [2.24, 2.45) is 5.73 Å². The second-order valence-electron chi connectivity index (χ2n) is 5.24. The molecule has 134 valence electrons. The monoisotopic (exact) mass is 378 g/mol. The summed E-state index contributed by atoms with van der Waals surface area (Å²) < 4.78 is 37.8. The molecule has 0 atom stereocenters. The fourth-order valence-corrected chi connectivity index (χ4v) is 3.07. The molecule has 5 nitrogen and oxygen atoms in total. The lowest BCUT2D eigenvalue weighted by Crippen LogP contribution is -2.12. The van der Waals surface area contributed by atoms with Crippen LogP contribution in [0.15, 0.2) is 48.7 Å². The number of alkyl halides is 3. The predicted molar refractivity (Wildman–Crippen MR) is 92.6 cm³/mol. The standard InChI is InChI=1S/C17H13F3N4OS/c18-17(19,20)11-6-4-10(5-7-11)15(25)24-16-23-14(13(9-21)26-16)12-3-1-2-8-22-12/h1-8H,9,21H2,(H,23,24,25). The first-order chi connectivity index (χ1) is 12.4. The fraction of sp³-hybridized carbons (Fsp3) is 0.118. The van der Waals surface area contributed by atoms with E-state index in [1.807, 2.05) is 6.07 Å². The van der Waals surface area contributed by atoms with Crippen molar-refractivity contribution in [3.8, 4) is 11.4 Å². The van der Waals surface area contributed by atoms with Crippen molar-refractivity contribution in [3.63, 3.8) is 0 Å². The fourth-order valence-electron chi connectivity index (χ4n) is 2.23. The molecule has 9 heteroatoms. The smallest absolute Gasteiger partial charge is 0.326 e. The molecule has 0 saturated carbocycles. The van der Waals surface area contributed by atoms with E-state index in [9.17, 15) is 18.0 Å². The van der Waals surface area contributed by atoms with Crippen molar-refractivity contribution in [1.29, 1.82) is 0 Å². The third kappa shape index (κ3) is 3.89. The van der Waals surface area contributed by atoms with E-state index in [-0.39, 0.29) is 12.1 Å². The van der Waals surface area contributed by atoms with Crippen LogP contribution in [0.5, 0.6) is 0 Å². The number of nitrogens with zero attached hydrogens (tertiary/aromatic N) is 2. The van der Waals surface area contributed by atoms with Gasteiger partial charge in [-0.1, -0.05) is 17.4 Å². The number of benzene rings is 1. The second kappa shape index (κ2) is 7.22. The number of thiazole rings is 1. The first kappa shape index (κ1) is 18.0. The van der Waals surface area contributed by atoms with E-state index in [0.717, 1.165) is 29.1 Å². The van der Waals surface area contributed by atoms with E-state index in [1.165, 1.54) is 11.3 Å². The molecule has 2 aromatic heterocycles. The van der Waals surface area contributed by atoms with Gasteiger partial charge < -0.3 is 5.73 Å². The van der Waals surface area contributed by atoms with Crippen LogP contribution in [0, 0.1) is 0 Å². The van der Waals surface area contributed by atoms with Crippen molar-refractivity contribution < 1.29 is 18.0 Å². The molecule has 0 aliphatic heterocycles. The van der Waals surface area contributed by atoms with Crippen LogP contribution in [0.3, 0.4) is 0 Å². The topological polar surface area (TPSA) is 80.9 Å². The van der Waals surface area contributed by atoms with Crippen LogP contribution in [0.25, 0.3) is 11.4 Å². The summed E-state index contributed by atoms with van der Waals surface area (Å²) in [7, 11) is 0. The van der Waals surface area contributed by atoms with Gasteiger partial charge in [-0.3, -0.25) is 15.1 Å². The van der Waals surface area contributed by atoms with Gasteiger partial charge in [0.2, 0.25) is 0 Å². The molecule has 0 bridgehead atoms. The Labute approximate surface area is 150 Å². The molecule has 0 unspecified atom stereocenters. The van der Waals surface area contributed by atoms with E-state index in [1.54, 1.807) is 18.3 Å². The summed E-state index contributed by atoms with van der Waals surface area (Å²) in [4.78, 5) is 21.5. The first-order valence-electron chi connectivity index (χ1n) is 7.48. The molecular formula is C17H13F3N4OS. The van der Waals surface area contributed by atoms with Gasteiger partial charge in [0.05, 0.1) is 11.3 Å². The summed E-state index contributed by atoms with van der Waals surface area (Å²) in [6.45, 7) is 0.222. The van der Waals surface area contributed by atoms with E-state index in [0.29, 0.717) is 16.5 Å². The van der Waals surface area contributed by atoms with Gasteiger partial charge >= 0.3 is 6.18 Å². The van der Waals surface area contributed by atoms with Crippen molar-refractivity contribution in [3.05, 3.63) is 64.7 Å². The number of anilines is 1. The summed E-state index contributed by atoms with van der Waals surface area (Å²) in [5.41, 5.74) is 6.20. The van der Waals surface area contributed by atoms with E-state index < -0.39 is 17.6 Å². The van der Waals surface area contributed by atoms with E-state index >= 15 is 0 Å². The third-order valence-electron chi connectivity index (χ3n) is 3.49. The molecule has 0 saturated heterocycles. The molecule has 1 aromatic carbocycles. The molecule has 3 aromatic rings. The van der Waals surface area contributed by atoms with Crippen LogP contribution in [-0.2, 0) is 12.7 Å². The number of nitrogens with two attached hydrogens (primary N) is 1. The van der Waals surface area contributed by atoms with Crippen molar-refractivity contribution >= 4 is 22.4 Å². The number of carbonyl (C=O) groups is 1. The molecule has 0 spiro atoms. The average Bonchev–Trinajstić information content (AvgIpc) is 3.04. The Hall–Kier alpha value is -2.78. The maximum atomic E-state index is 12.6. The molecular weight excluding hydrogens is 365 g/mol. The van der Waals surface area contributed by atoms with E-state index in [4.69, 9.17) is 5.73 Å². The molecule has 0 fully saturated rings. The van der Waals surface area contributed by atoms with Crippen LogP contribution in [-0.4, -0.2) is 15.9 Å². The average molecular weight is 378 g/mol. The highest BCUT2D eigenvalue weighted by Crippen LogP contribution is 2.31. The van der Waals surface area contributed by atoms with Gasteiger partial charge in [-0.25, -0.2) is 4.98 Å². The van der Waals surface area contributed by atoms with Crippen LogP contribution in [0.4, 0.5) is 18.3 Å². The number of aromatic nitrogens is 2. The Morgan fingerprint density at radius 3 is 2.46 bits per heavy atom. The largest absolute Gasteiger partial charge is 0.416 e. The number of pyridine rings is 1. The highest BCUT2D eigenvalue weighted by atomic mass is 32.1. The van der Waals surface area contributed by atoms with Gasteiger partial charge in [-0.15, -0.1) is 0 Å². The molecule has 0 aliphatic carbocycles. The highest BCUT2D eigenvalue weighted by Gasteiger charge is 2.30. The molecule has 0 aliphatic rings. The van der Waals surface area contributed by atoms with Gasteiger partial charge in [0.1, 0.15) is 5.69 Å². The van der Waals surface area contributed by atoms with E-state index in [2.05, 4.69) is 15.3 Å². The van der Waals surface area contributed by atoms with Gasteiger partial charge in [-0.2, -0.15) is 13.2 Å². The van der Waals surface area contributed by atoms with Gasteiger partial charge in [0, 0.05) is 23.2 Å². The summed E-state index contributed by atoms with van der Waals surface area (Å²) in [5, 5.41) is 2.89. The van der Waals surface area contributed by atoms with Crippen LogP contribution < -0.4 is 11.1 Å². The number of hydrogen-bond donors (Lipinski definition) is 2. The molecule has 2 heterocycles.